The van der Waals surface area contributed by atoms with Crippen LogP contribution in [0.25, 0.3) is 0 Å². The molecule has 0 aromatic rings. The van der Waals surface area contributed by atoms with Crippen molar-refractivity contribution in [2.24, 2.45) is 5.92 Å². The number of rotatable bonds is 10. The van der Waals surface area contributed by atoms with Crippen LogP contribution < -0.4 is 0 Å². The smallest absolute Gasteiger partial charge is 0.225 e. The Hall–Kier alpha value is -0.570. The van der Waals surface area contributed by atoms with Crippen LogP contribution in [-0.4, -0.2) is 35.6 Å². The van der Waals surface area contributed by atoms with E-state index in [9.17, 15) is 4.79 Å². The zero-order chi connectivity index (χ0) is 13.1. The van der Waals surface area contributed by atoms with Crippen molar-refractivity contribution in [1.29, 1.82) is 0 Å². The normalized spacial score (nSPS) is 10.9. The molecule has 0 fully saturated rings. The largest absolute Gasteiger partial charge is 0.396 e. The van der Waals surface area contributed by atoms with Crippen LogP contribution in [-0.2, 0) is 4.79 Å². The molecule has 3 heteroatoms. The Balaban J connectivity index is 3.89. The Kier molecular flexibility index (Phi) is 10.2. The van der Waals surface area contributed by atoms with Crippen LogP contribution in [0.3, 0.4) is 0 Å². The fraction of sp³-hybridized carbons (Fsp3) is 0.929. The maximum atomic E-state index is 11.9. The maximum absolute atomic E-state index is 11.9. The van der Waals surface area contributed by atoms with E-state index < -0.39 is 0 Å². The highest BCUT2D eigenvalue weighted by Crippen LogP contribution is 2.07. The summed E-state index contributed by atoms with van der Waals surface area (Å²) >= 11 is 0. The molecule has 0 aliphatic rings. The molecule has 0 aromatic heterocycles. The third kappa shape index (κ3) is 8.19. The number of amides is 1. The molecule has 1 N–H and O–H groups in total. The van der Waals surface area contributed by atoms with E-state index in [-0.39, 0.29) is 18.4 Å². The molecule has 0 unspecified atom stereocenters. The Morgan fingerprint density at radius 1 is 1.06 bits per heavy atom. The summed E-state index contributed by atoms with van der Waals surface area (Å²) in [5.41, 5.74) is 0. The maximum Gasteiger partial charge on any atom is 0.225 e. The highest BCUT2D eigenvalue weighted by Gasteiger charge is 2.15. The first-order valence-corrected chi connectivity index (χ1v) is 7.03. The first kappa shape index (κ1) is 16.4. The molecule has 0 radical (unpaired) electrons. The highest BCUT2D eigenvalue weighted by atomic mass is 16.3. The predicted molar refractivity (Wildman–Crippen MR) is 71.9 cm³/mol. The summed E-state index contributed by atoms with van der Waals surface area (Å²) < 4.78 is 0. The van der Waals surface area contributed by atoms with Crippen LogP contribution in [0.15, 0.2) is 0 Å². The molecule has 1 amide bonds. The quantitative estimate of drug-likeness (QED) is 0.599. The monoisotopic (exact) mass is 243 g/mol. The van der Waals surface area contributed by atoms with E-state index in [0.717, 1.165) is 13.0 Å². The van der Waals surface area contributed by atoms with Crippen LogP contribution in [0.4, 0.5) is 0 Å². The lowest BCUT2D eigenvalue weighted by Gasteiger charge is -2.24. The fourth-order valence-corrected chi connectivity index (χ4v) is 1.87. The topological polar surface area (TPSA) is 40.5 Å². The van der Waals surface area contributed by atoms with Crippen molar-refractivity contribution < 1.29 is 9.90 Å². The lowest BCUT2D eigenvalue weighted by molar-refractivity contribution is -0.134. The van der Waals surface area contributed by atoms with Crippen molar-refractivity contribution in [3.8, 4) is 0 Å². The molecule has 0 saturated carbocycles. The number of carbonyl (C=O) groups excluding carboxylic acids is 1. The minimum atomic E-state index is 0.0596. The molecule has 0 rings (SSSR count). The van der Waals surface area contributed by atoms with Gasteiger partial charge in [0.15, 0.2) is 0 Å². The van der Waals surface area contributed by atoms with Crippen molar-refractivity contribution in [1.82, 2.24) is 4.90 Å². The predicted octanol–water partition coefficient (Wildman–Crippen LogP) is 2.82. The first-order chi connectivity index (χ1) is 8.13. The van der Waals surface area contributed by atoms with Gasteiger partial charge in [0.25, 0.3) is 0 Å². The molecule has 3 nitrogen and oxygen atoms in total. The zero-order valence-corrected chi connectivity index (χ0v) is 11.7. The molecular formula is C14H29NO2. The van der Waals surface area contributed by atoms with Gasteiger partial charge < -0.3 is 10.0 Å². The van der Waals surface area contributed by atoms with E-state index in [2.05, 4.69) is 6.92 Å². The zero-order valence-electron chi connectivity index (χ0n) is 11.7. The molecule has 0 atom stereocenters. The van der Waals surface area contributed by atoms with Crippen molar-refractivity contribution in [3.05, 3.63) is 0 Å². The van der Waals surface area contributed by atoms with E-state index >= 15 is 0 Å². The number of aliphatic hydroxyl groups excluding tert-OH is 1. The number of hydrogen-bond donors (Lipinski definition) is 1. The van der Waals surface area contributed by atoms with Crippen molar-refractivity contribution >= 4 is 5.91 Å². The number of nitrogens with zero attached hydrogens (tertiary/aromatic N) is 1. The van der Waals surface area contributed by atoms with Gasteiger partial charge in [0, 0.05) is 25.6 Å². The second-order valence-electron chi connectivity index (χ2n) is 4.97. The molecule has 0 spiro atoms. The van der Waals surface area contributed by atoms with Gasteiger partial charge in [0.1, 0.15) is 0 Å². The molecule has 0 aliphatic heterocycles. The number of unbranched alkanes of at least 4 members (excludes halogenated alkanes) is 4. The third-order valence-electron chi connectivity index (χ3n) is 2.92. The average molecular weight is 243 g/mol. The first-order valence-electron chi connectivity index (χ1n) is 7.03. The van der Waals surface area contributed by atoms with Gasteiger partial charge in [-0.25, -0.2) is 0 Å². The van der Waals surface area contributed by atoms with Gasteiger partial charge in [-0.1, -0.05) is 46.5 Å². The molecule has 0 bridgehead atoms. The van der Waals surface area contributed by atoms with E-state index in [4.69, 9.17) is 5.11 Å². The molecular weight excluding hydrogens is 214 g/mol. The Morgan fingerprint density at radius 3 is 2.18 bits per heavy atom. The Morgan fingerprint density at radius 2 is 1.65 bits per heavy atom. The van der Waals surface area contributed by atoms with Crippen molar-refractivity contribution in [3.63, 3.8) is 0 Å². The fourth-order valence-electron chi connectivity index (χ4n) is 1.87. The number of carbonyl (C=O) groups is 1. The molecule has 0 saturated heterocycles. The van der Waals surface area contributed by atoms with Crippen molar-refractivity contribution in [2.45, 2.75) is 59.3 Å². The van der Waals surface area contributed by atoms with Gasteiger partial charge >= 0.3 is 0 Å². The van der Waals surface area contributed by atoms with E-state index in [1.165, 1.54) is 25.7 Å². The highest BCUT2D eigenvalue weighted by molar-refractivity contribution is 5.78. The minimum absolute atomic E-state index is 0.0596. The summed E-state index contributed by atoms with van der Waals surface area (Å²) in [6.07, 6.45) is 6.78. The van der Waals surface area contributed by atoms with E-state index in [1.807, 2.05) is 18.7 Å². The number of hydrogen-bond acceptors (Lipinski definition) is 2. The standard InChI is InChI=1S/C14H29NO2/c1-4-5-6-7-8-10-15(11-9-12-16)14(17)13(2)3/h13,16H,4-12H2,1-3H3. The van der Waals surface area contributed by atoms with Gasteiger partial charge in [-0.3, -0.25) is 4.79 Å². The van der Waals surface area contributed by atoms with Gasteiger partial charge in [0.2, 0.25) is 5.91 Å². The molecule has 0 heterocycles. The van der Waals surface area contributed by atoms with Crippen molar-refractivity contribution in [2.75, 3.05) is 19.7 Å². The van der Waals surface area contributed by atoms with E-state index in [1.54, 1.807) is 0 Å². The summed E-state index contributed by atoms with van der Waals surface area (Å²) in [7, 11) is 0. The molecule has 102 valence electrons. The second kappa shape index (κ2) is 10.6. The summed E-state index contributed by atoms with van der Waals surface area (Å²) in [6, 6.07) is 0. The Bertz CT molecular complexity index is 193. The lowest BCUT2D eigenvalue weighted by atomic mass is 10.1. The van der Waals surface area contributed by atoms with Crippen LogP contribution in [0.2, 0.25) is 0 Å². The summed E-state index contributed by atoms with van der Waals surface area (Å²) in [5, 5.41) is 8.84. The second-order valence-corrected chi connectivity index (χ2v) is 4.97. The number of aliphatic hydroxyl groups is 1. The summed E-state index contributed by atoms with van der Waals surface area (Å²) in [5.74, 6) is 0.276. The molecule has 0 aliphatic carbocycles. The molecule has 17 heavy (non-hydrogen) atoms. The van der Waals surface area contributed by atoms with Crippen LogP contribution in [0.1, 0.15) is 59.3 Å². The van der Waals surface area contributed by atoms with Crippen LogP contribution >= 0.6 is 0 Å². The van der Waals surface area contributed by atoms with Gasteiger partial charge in [-0.05, 0) is 12.8 Å². The Labute approximate surface area is 106 Å². The average Bonchev–Trinajstić information content (AvgIpc) is 2.31. The van der Waals surface area contributed by atoms with E-state index in [0.29, 0.717) is 13.0 Å². The molecule has 0 aromatic carbocycles. The summed E-state index contributed by atoms with van der Waals surface area (Å²) in [6.45, 7) is 7.78. The van der Waals surface area contributed by atoms with Crippen LogP contribution in [0.5, 0.6) is 0 Å². The minimum Gasteiger partial charge on any atom is -0.396 e. The van der Waals surface area contributed by atoms with Crippen LogP contribution in [0, 0.1) is 5.92 Å². The van der Waals surface area contributed by atoms with Gasteiger partial charge in [-0.2, -0.15) is 0 Å². The van der Waals surface area contributed by atoms with Gasteiger partial charge in [0.05, 0.1) is 0 Å². The summed E-state index contributed by atoms with van der Waals surface area (Å²) in [4.78, 5) is 13.8. The van der Waals surface area contributed by atoms with Gasteiger partial charge in [-0.15, -0.1) is 0 Å². The SMILES string of the molecule is CCCCCCCN(CCCO)C(=O)C(C)C. The lowest BCUT2D eigenvalue weighted by Crippen LogP contribution is -2.36. The third-order valence-corrected chi connectivity index (χ3v) is 2.92.